The third-order valence-corrected chi connectivity index (χ3v) is 8.79. The van der Waals surface area contributed by atoms with Gasteiger partial charge in [-0.25, -0.2) is 0 Å². The zero-order valence-corrected chi connectivity index (χ0v) is 25.0. The summed E-state index contributed by atoms with van der Waals surface area (Å²) < 4.78 is 0. The van der Waals surface area contributed by atoms with Crippen molar-refractivity contribution in [3.63, 3.8) is 0 Å². The maximum atomic E-state index is 10.3. The van der Waals surface area contributed by atoms with Gasteiger partial charge in [-0.05, 0) is 12.8 Å². The van der Waals surface area contributed by atoms with Gasteiger partial charge in [0, 0.05) is 6.42 Å². The van der Waals surface area contributed by atoms with E-state index in [1.54, 1.807) is 0 Å². The summed E-state index contributed by atoms with van der Waals surface area (Å²) >= 11 is 0. The molecule has 234 valence electrons. The van der Waals surface area contributed by atoms with E-state index in [0.29, 0.717) is 19.3 Å². The van der Waals surface area contributed by atoms with Crippen molar-refractivity contribution in [2.75, 3.05) is 0 Å². The topological polar surface area (TPSA) is 142 Å². The molecule has 0 aromatic rings. The highest BCUT2D eigenvalue weighted by Gasteiger charge is 2.63. The van der Waals surface area contributed by atoms with Crippen LogP contribution in [0.15, 0.2) is 0 Å². The average molecular weight is 561 g/mol. The van der Waals surface area contributed by atoms with Gasteiger partial charge in [0.15, 0.2) is 0 Å². The molecule has 1 aliphatic carbocycles. The first-order valence-electron chi connectivity index (χ1n) is 16.7. The highest BCUT2D eigenvalue weighted by molar-refractivity contribution is 4.97. The summed E-state index contributed by atoms with van der Waals surface area (Å²) in [7, 11) is 0. The fraction of sp³-hybridized carbons (Fsp3) is 1.00. The summed E-state index contributed by atoms with van der Waals surface area (Å²) in [4.78, 5) is 0. The van der Waals surface area contributed by atoms with Gasteiger partial charge in [0.1, 0.15) is 6.10 Å². The Kier molecular flexibility index (Phi) is 20.2. The second-order valence-corrected chi connectivity index (χ2v) is 12.5. The summed E-state index contributed by atoms with van der Waals surface area (Å²) in [6.45, 7) is 0. The lowest BCUT2D eigenvalue weighted by atomic mass is 9.86. The number of aliphatic hydroxyl groups is 7. The fourth-order valence-electron chi connectivity index (χ4n) is 5.85. The predicted molar refractivity (Wildman–Crippen MR) is 157 cm³/mol. The van der Waals surface area contributed by atoms with Crippen LogP contribution in [0.5, 0.6) is 0 Å². The van der Waals surface area contributed by atoms with Gasteiger partial charge in [0.2, 0.25) is 5.79 Å². The van der Waals surface area contributed by atoms with E-state index in [4.69, 9.17) is 0 Å². The summed E-state index contributed by atoms with van der Waals surface area (Å²) in [6.07, 6.45) is 27.3. The standard InChI is InChI=1S/C32H64O7/c33-29-27-25-23-21-19-17-15-13-11-9-7-5-3-1-2-4-6-8-10-12-14-16-18-20-22-24-26-28-30(34,35)32(38,39)31(29,36)37/h29,33-39H,1-28H2. The Morgan fingerprint density at radius 2 is 0.564 bits per heavy atom. The van der Waals surface area contributed by atoms with Gasteiger partial charge in [-0.2, -0.15) is 0 Å². The van der Waals surface area contributed by atoms with E-state index in [2.05, 4.69) is 0 Å². The number of rotatable bonds is 0. The first-order valence-corrected chi connectivity index (χ1v) is 16.7. The zero-order chi connectivity index (χ0) is 28.9. The second-order valence-electron chi connectivity index (χ2n) is 12.5. The minimum atomic E-state index is -3.68. The van der Waals surface area contributed by atoms with Crippen LogP contribution in [-0.2, 0) is 0 Å². The van der Waals surface area contributed by atoms with E-state index >= 15 is 0 Å². The first kappa shape index (κ1) is 36.7. The summed E-state index contributed by atoms with van der Waals surface area (Å²) in [6, 6.07) is 0. The third kappa shape index (κ3) is 15.5. The van der Waals surface area contributed by atoms with Gasteiger partial charge in [0.25, 0.3) is 11.6 Å². The van der Waals surface area contributed by atoms with Crippen LogP contribution < -0.4 is 0 Å². The molecule has 0 aliphatic heterocycles. The van der Waals surface area contributed by atoms with Gasteiger partial charge >= 0.3 is 0 Å². The quantitative estimate of drug-likeness (QED) is 0.172. The molecule has 0 heterocycles. The Hall–Kier alpha value is -0.280. The molecule has 1 unspecified atom stereocenters. The van der Waals surface area contributed by atoms with Gasteiger partial charge in [-0.3, -0.25) is 0 Å². The van der Waals surface area contributed by atoms with Gasteiger partial charge < -0.3 is 35.7 Å². The molecule has 0 amide bonds. The van der Waals surface area contributed by atoms with Crippen molar-refractivity contribution in [3.05, 3.63) is 0 Å². The lowest BCUT2D eigenvalue weighted by Crippen LogP contribution is -2.72. The van der Waals surface area contributed by atoms with Crippen LogP contribution in [0.4, 0.5) is 0 Å². The lowest BCUT2D eigenvalue weighted by Gasteiger charge is -2.44. The Morgan fingerprint density at radius 3 is 0.846 bits per heavy atom. The van der Waals surface area contributed by atoms with Crippen molar-refractivity contribution in [1.29, 1.82) is 0 Å². The van der Waals surface area contributed by atoms with Crippen molar-refractivity contribution >= 4 is 0 Å². The average Bonchev–Trinajstić information content (AvgIpc) is 2.89. The molecule has 1 saturated carbocycles. The smallest absolute Gasteiger partial charge is 0.276 e. The summed E-state index contributed by atoms with van der Waals surface area (Å²) in [5, 5.41) is 72.1. The molecule has 0 radical (unpaired) electrons. The van der Waals surface area contributed by atoms with Crippen LogP contribution in [0.1, 0.15) is 180 Å². The summed E-state index contributed by atoms with van der Waals surface area (Å²) in [5.41, 5.74) is 0. The van der Waals surface area contributed by atoms with Crippen molar-refractivity contribution in [2.24, 2.45) is 0 Å². The highest BCUT2D eigenvalue weighted by atomic mass is 16.7. The molecule has 7 heteroatoms. The van der Waals surface area contributed by atoms with Crippen molar-refractivity contribution in [2.45, 2.75) is 203 Å². The van der Waals surface area contributed by atoms with Crippen molar-refractivity contribution in [1.82, 2.24) is 0 Å². The molecule has 7 nitrogen and oxygen atoms in total. The molecule has 1 aliphatic rings. The maximum absolute atomic E-state index is 10.3. The normalized spacial score (nSPS) is 27.9. The van der Waals surface area contributed by atoms with Crippen molar-refractivity contribution < 1.29 is 35.7 Å². The predicted octanol–water partition coefficient (Wildman–Crippen LogP) is 6.33. The molecule has 0 aromatic heterocycles. The molecule has 0 spiro atoms. The fourth-order valence-corrected chi connectivity index (χ4v) is 5.85. The van der Waals surface area contributed by atoms with Crippen LogP contribution in [-0.4, -0.2) is 59.2 Å². The molecule has 39 heavy (non-hydrogen) atoms. The Balaban J connectivity index is 2.45. The SMILES string of the molecule is OC1CCCCCCCCCCCCCCCCCCCCCCCCCCCCC(O)(O)C(O)(O)C1(O)O. The Labute approximate surface area is 239 Å². The number of hydrogen-bond donors (Lipinski definition) is 7. The van der Waals surface area contributed by atoms with E-state index in [-0.39, 0.29) is 6.42 Å². The van der Waals surface area contributed by atoms with Crippen LogP contribution in [0, 0.1) is 0 Å². The van der Waals surface area contributed by atoms with E-state index in [0.717, 1.165) is 38.5 Å². The van der Waals surface area contributed by atoms with Gasteiger partial charge in [-0.15, -0.1) is 0 Å². The minimum Gasteiger partial charge on any atom is -0.387 e. The molecule has 7 N–H and O–H groups in total. The Bertz CT molecular complexity index is 565. The third-order valence-electron chi connectivity index (χ3n) is 8.79. The summed E-state index contributed by atoms with van der Waals surface area (Å²) in [5.74, 6) is -10.3. The van der Waals surface area contributed by atoms with E-state index < -0.39 is 29.9 Å². The molecular weight excluding hydrogens is 496 g/mol. The molecule has 1 atom stereocenters. The van der Waals surface area contributed by atoms with Crippen LogP contribution in [0.3, 0.4) is 0 Å². The molecule has 1 rings (SSSR count). The van der Waals surface area contributed by atoms with Crippen LogP contribution in [0.25, 0.3) is 0 Å². The first-order chi connectivity index (χ1) is 18.6. The minimum absolute atomic E-state index is 0.0774. The molecule has 0 aromatic carbocycles. The monoisotopic (exact) mass is 560 g/mol. The highest BCUT2D eigenvalue weighted by Crippen LogP contribution is 2.35. The van der Waals surface area contributed by atoms with Crippen molar-refractivity contribution in [3.8, 4) is 0 Å². The van der Waals surface area contributed by atoms with Crippen LogP contribution >= 0.6 is 0 Å². The van der Waals surface area contributed by atoms with Crippen LogP contribution in [0.2, 0.25) is 0 Å². The lowest BCUT2D eigenvalue weighted by molar-refractivity contribution is -0.467. The van der Waals surface area contributed by atoms with E-state index in [9.17, 15) is 35.7 Å². The molecular formula is C32H64O7. The van der Waals surface area contributed by atoms with E-state index in [1.165, 1.54) is 109 Å². The number of hydrogen-bond acceptors (Lipinski definition) is 7. The zero-order valence-electron chi connectivity index (χ0n) is 25.0. The van der Waals surface area contributed by atoms with Gasteiger partial charge in [-0.1, -0.05) is 161 Å². The molecule has 0 bridgehead atoms. The molecule has 1 fully saturated rings. The number of aliphatic hydroxyl groups excluding tert-OH is 1. The maximum Gasteiger partial charge on any atom is 0.276 e. The van der Waals surface area contributed by atoms with E-state index in [1.807, 2.05) is 0 Å². The Morgan fingerprint density at radius 1 is 0.333 bits per heavy atom. The molecule has 0 saturated heterocycles. The largest absolute Gasteiger partial charge is 0.387 e. The second kappa shape index (κ2) is 21.4. The van der Waals surface area contributed by atoms with Gasteiger partial charge in [0.05, 0.1) is 0 Å².